The average Bonchev–Trinajstić information content (AvgIpc) is 2.86. The van der Waals surface area contributed by atoms with E-state index in [4.69, 9.17) is 0 Å². The molecule has 3 atom stereocenters. The summed E-state index contributed by atoms with van der Waals surface area (Å²) in [6, 6.07) is 24.1. The van der Waals surface area contributed by atoms with Crippen molar-refractivity contribution in [1.82, 2.24) is 10.2 Å². The van der Waals surface area contributed by atoms with Crippen LogP contribution in [-0.4, -0.2) is 41.7 Å². The molecule has 174 valence electrons. The van der Waals surface area contributed by atoms with Crippen LogP contribution in [0.3, 0.4) is 0 Å². The Morgan fingerprint density at radius 2 is 1.82 bits per heavy atom. The molecule has 0 radical (unpaired) electrons. The van der Waals surface area contributed by atoms with Crippen LogP contribution in [0.25, 0.3) is 10.8 Å². The summed E-state index contributed by atoms with van der Waals surface area (Å²) < 4.78 is 0. The fourth-order valence-electron chi connectivity index (χ4n) is 5.32. The number of aliphatic hydroxyl groups excluding tert-OH is 1. The first-order valence-electron chi connectivity index (χ1n) is 12.3. The lowest BCUT2D eigenvalue weighted by atomic mass is 9.80. The van der Waals surface area contributed by atoms with Gasteiger partial charge in [-0.05, 0) is 73.1 Å². The molecule has 0 heterocycles. The van der Waals surface area contributed by atoms with E-state index in [2.05, 4.69) is 66.8 Å². The molecule has 1 amide bonds. The molecule has 3 aromatic rings. The van der Waals surface area contributed by atoms with Crippen LogP contribution in [0.2, 0.25) is 0 Å². The van der Waals surface area contributed by atoms with Crippen LogP contribution >= 0.6 is 0 Å². The van der Waals surface area contributed by atoms with Crippen molar-refractivity contribution in [1.29, 1.82) is 0 Å². The number of hydrogen-bond donors (Lipinski definition) is 2. The van der Waals surface area contributed by atoms with E-state index in [-0.39, 0.29) is 12.5 Å². The average molecular weight is 445 g/mol. The van der Waals surface area contributed by atoms with E-state index >= 15 is 0 Å². The lowest BCUT2D eigenvalue weighted by Crippen LogP contribution is -2.35. The fraction of sp³-hybridized carbons (Fsp3) is 0.414. The van der Waals surface area contributed by atoms with Crippen LogP contribution in [0.4, 0.5) is 0 Å². The normalized spacial score (nSPS) is 19.4. The molecule has 1 saturated carbocycles. The third-order valence-corrected chi connectivity index (χ3v) is 7.12. The Morgan fingerprint density at radius 1 is 1.06 bits per heavy atom. The van der Waals surface area contributed by atoms with E-state index < -0.39 is 0 Å². The number of rotatable bonds is 8. The molecular formula is C29H36N2O2. The molecule has 2 unspecified atom stereocenters. The van der Waals surface area contributed by atoms with Gasteiger partial charge in [-0.25, -0.2) is 0 Å². The summed E-state index contributed by atoms with van der Waals surface area (Å²) in [6.45, 7) is 5.19. The van der Waals surface area contributed by atoms with Crippen molar-refractivity contribution in [3.05, 3.63) is 83.4 Å². The largest absolute Gasteiger partial charge is 0.395 e. The number of carbonyl (C=O) groups excluding carboxylic acids is 1. The zero-order valence-corrected chi connectivity index (χ0v) is 19.8. The highest BCUT2D eigenvalue weighted by atomic mass is 16.3. The van der Waals surface area contributed by atoms with E-state index in [1.807, 2.05) is 19.1 Å². The monoisotopic (exact) mass is 444 g/mol. The number of aliphatic hydroxyl groups is 1. The van der Waals surface area contributed by atoms with Gasteiger partial charge in [0.15, 0.2) is 0 Å². The van der Waals surface area contributed by atoms with Crippen molar-refractivity contribution >= 4 is 16.7 Å². The maximum atomic E-state index is 12.7. The molecule has 0 saturated heterocycles. The molecule has 0 aliphatic heterocycles. The number of likely N-dealkylation sites (N-methyl/N-ethyl adjacent to an activating group) is 1. The van der Waals surface area contributed by atoms with Gasteiger partial charge in [-0.1, -0.05) is 61.0 Å². The minimum Gasteiger partial charge on any atom is -0.395 e. The van der Waals surface area contributed by atoms with Gasteiger partial charge in [-0.2, -0.15) is 0 Å². The van der Waals surface area contributed by atoms with Gasteiger partial charge in [0.25, 0.3) is 5.91 Å². The maximum Gasteiger partial charge on any atom is 0.253 e. The van der Waals surface area contributed by atoms with Crippen molar-refractivity contribution in [2.75, 3.05) is 19.7 Å². The third-order valence-electron chi connectivity index (χ3n) is 7.12. The van der Waals surface area contributed by atoms with Gasteiger partial charge in [-0.3, -0.25) is 4.79 Å². The Morgan fingerprint density at radius 3 is 2.58 bits per heavy atom. The van der Waals surface area contributed by atoms with Gasteiger partial charge in [0.1, 0.15) is 0 Å². The molecule has 3 aromatic carbocycles. The summed E-state index contributed by atoms with van der Waals surface area (Å²) in [4.78, 5) is 14.3. The van der Waals surface area contributed by atoms with E-state index in [1.54, 1.807) is 4.90 Å². The second kappa shape index (κ2) is 11.0. The van der Waals surface area contributed by atoms with Crippen molar-refractivity contribution in [3.8, 4) is 0 Å². The predicted molar refractivity (Wildman–Crippen MR) is 136 cm³/mol. The number of amides is 1. The molecule has 4 rings (SSSR count). The van der Waals surface area contributed by atoms with E-state index in [0.717, 1.165) is 6.42 Å². The molecule has 0 bridgehead atoms. The first kappa shape index (κ1) is 23.5. The number of carbonyl (C=O) groups is 1. The summed E-state index contributed by atoms with van der Waals surface area (Å²) in [6.07, 6.45) is 4.73. The molecular weight excluding hydrogens is 408 g/mol. The number of benzene rings is 3. The topological polar surface area (TPSA) is 52.6 Å². The summed E-state index contributed by atoms with van der Waals surface area (Å²) in [5.74, 6) is 0.505. The smallest absolute Gasteiger partial charge is 0.253 e. The second-order valence-electron chi connectivity index (χ2n) is 9.25. The van der Waals surface area contributed by atoms with E-state index in [9.17, 15) is 9.90 Å². The molecule has 1 aliphatic carbocycles. The van der Waals surface area contributed by atoms with Gasteiger partial charge in [0, 0.05) is 30.7 Å². The number of nitrogens with one attached hydrogen (secondary N) is 1. The van der Waals surface area contributed by atoms with Gasteiger partial charge in [-0.15, -0.1) is 0 Å². The zero-order valence-electron chi connectivity index (χ0n) is 19.8. The quantitative estimate of drug-likeness (QED) is 0.471. The van der Waals surface area contributed by atoms with Crippen LogP contribution in [-0.2, 0) is 0 Å². The van der Waals surface area contributed by atoms with E-state index in [0.29, 0.717) is 36.7 Å². The molecule has 4 nitrogen and oxygen atoms in total. The first-order chi connectivity index (χ1) is 16.1. The van der Waals surface area contributed by atoms with Gasteiger partial charge in [0.2, 0.25) is 0 Å². The van der Waals surface area contributed by atoms with E-state index in [1.165, 1.54) is 41.2 Å². The Kier molecular flexibility index (Phi) is 7.79. The highest BCUT2D eigenvalue weighted by Gasteiger charge is 2.25. The maximum absolute atomic E-state index is 12.7. The van der Waals surface area contributed by atoms with Crippen LogP contribution in [0.5, 0.6) is 0 Å². The van der Waals surface area contributed by atoms with Crippen LogP contribution in [0.15, 0.2) is 66.7 Å². The Hall–Kier alpha value is -2.69. The SMILES string of the molecule is CCN(CCO)C(=O)c1ccc(C2CCCC(N[C@H](C)c3cccc4ccccc34)C2)cc1. The number of hydrogen-bond acceptors (Lipinski definition) is 3. The van der Waals surface area contributed by atoms with Crippen LogP contribution in [0.1, 0.15) is 73.0 Å². The minimum atomic E-state index is -0.00907. The third kappa shape index (κ3) is 5.45. The predicted octanol–water partition coefficient (Wildman–Crippen LogP) is 5.67. The fourth-order valence-corrected chi connectivity index (χ4v) is 5.32. The highest BCUT2D eigenvalue weighted by molar-refractivity contribution is 5.94. The molecule has 0 spiro atoms. The second-order valence-corrected chi connectivity index (χ2v) is 9.25. The Balaban J connectivity index is 1.41. The van der Waals surface area contributed by atoms with Crippen molar-refractivity contribution < 1.29 is 9.90 Å². The molecule has 2 N–H and O–H groups in total. The zero-order chi connectivity index (χ0) is 23.2. The lowest BCUT2D eigenvalue weighted by molar-refractivity contribution is 0.0732. The molecule has 1 fully saturated rings. The summed E-state index contributed by atoms with van der Waals surface area (Å²) in [5.41, 5.74) is 3.38. The Labute approximate surface area is 197 Å². The van der Waals surface area contributed by atoms with Crippen molar-refractivity contribution in [2.45, 2.75) is 57.5 Å². The highest BCUT2D eigenvalue weighted by Crippen LogP contribution is 2.34. The summed E-state index contributed by atoms with van der Waals surface area (Å²) >= 11 is 0. The van der Waals surface area contributed by atoms with Crippen LogP contribution < -0.4 is 5.32 Å². The molecule has 0 aromatic heterocycles. The first-order valence-corrected chi connectivity index (χ1v) is 12.3. The van der Waals surface area contributed by atoms with Crippen LogP contribution in [0, 0.1) is 0 Å². The standard InChI is InChI=1S/C29H36N2O2/c1-3-31(18-19-32)29(33)24-16-14-22(15-17-24)25-10-6-11-26(20-25)30-21(2)27-13-7-9-23-8-4-5-12-28(23)27/h4-5,7-9,12-17,21,25-26,30,32H,3,6,10-11,18-20H2,1-2H3/t21-,25?,26?/m1/s1. The lowest BCUT2D eigenvalue weighted by Gasteiger charge is -2.32. The van der Waals surface area contributed by atoms with Crippen molar-refractivity contribution in [3.63, 3.8) is 0 Å². The molecule has 4 heteroatoms. The van der Waals surface area contributed by atoms with Gasteiger partial charge in [0.05, 0.1) is 6.61 Å². The summed E-state index contributed by atoms with van der Waals surface area (Å²) in [5, 5.41) is 15.7. The van der Waals surface area contributed by atoms with Gasteiger partial charge >= 0.3 is 0 Å². The van der Waals surface area contributed by atoms with Gasteiger partial charge < -0.3 is 15.3 Å². The van der Waals surface area contributed by atoms with Crippen molar-refractivity contribution in [2.24, 2.45) is 0 Å². The molecule has 1 aliphatic rings. The number of fused-ring (bicyclic) bond motifs is 1. The molecule has 33 heavy (non-hydrogen) atoms. The number of nitrogens with zero attached hydrogens (tertiary/aromatic N) is 1. The minimum absolute atomic E-state index is 0.00861. The summed E-state index contributed by atoms with van der Waals surface area (Å²) in [7, 11) is 0. The Bertz CT molecular complexity index is 1060.